The largest absolute Gasteiger partial charge is 0.332 e. The molecule has 3 aromatic heterocycles. The van der Waals surface area contributed by atoms with Gasteiger partial charge in [0.05, 0.1) is 23.9 Å². The lowest BCUT2D eigenvalue weighted by atomic mass is 10.3. The predicted molar refractivity (Wildman–Crippen MR) is 91.7 cm³/mol. The number of nitrogens with one attached hydrogen (secondary N) is 1. The molecule has 0 fully saturated rings. The van der Waals surface area contributed by atoms with Crippen LogP contribution in [0.2, 0.25) is 0 Å². The first-order valence-electron chi connectivity index (χ1n) is 7.56. The first kappa shape index (κ1) is 15.1. The fourth-order valence-electron chi connectivity index (χ4n) is 2.85. The molecule has 3 heterocycles. The van der Waals surface area contributed by atoms with Crippen LogP contribution >= 0.6 is 0 Å². The van der Waals surface area contributed by atoms with E-state index in [1.165, 1.54) is 22.5 Å². The summed E-state index contributed by atoms with van der Waals surface area (Å²) in [5.41, 5.74) is 0.824. The van der Waals surface area contributed by atoms with Crippen LogP contribution in [-0.4, -0.2) is 28.7 Å². The van der Waals surface area contributed by atoms with Crippen molar-refractivity contribution in [2.45, 2.75) is 6.54 Å². The topological polar surface area (TPSA) is 108 Å². The van der Waals surface area contributed by atoms with Gasteiger partial charge in [-0.15, -0.1) is 0 Å². The van der Waals surface area contributed by atoms with Gasteiger partial charge in [0.2, 0.25) is 0 Å². The van der Waals surface area contributed by atoms with Crippen molar-refractivity contribution >= 4 is 22.2 Å². The summed E-state index contributed by atoms with van der Waals surface area (Å²) in [5.74, 6) is 0. The summed E-state index contributed by atoms with van der Waals surface area (Å²) in [5, 5.41) is 0. The third-order valence-electron chi connectivity index (χ3n) is 4.21. The number of aromatic amines is 1. The van der Waals surface area contributed by atoms with Crippen LogP contribution < -0.4 is 16.8 Å². The maximum absolute atomic E-state index is 12.5. The number of fused-ring (bicyclic) bond motifs is 2. The predicted octanol–water partition coefficient (Wildman–Crippen LogP) is -0.282. The van der Waals surface area contributed by atoms with Crippen molar-refractivity contribution in [3.05, 3.63) is 67.5 Å². The highest BCUT2D eigenvalue weighted by Crippen LogP contribution is 2.09. The summed E-state index contributed by atoms with van der Waals surface area (Å²) in [6, 6.07) is 7.21. The molecule has 0 aliphatic heterocycles. The molecular weight excluding hydrogens is 324 g/mol. The highest BCUT2D eigenvalue weighted by atomic mass is 16.2. The molecule has 0 radical (unpaired) electrons. The first-order valence-corrected chi connectivity index (χ1v) is 7.56. The van der Waals surface area contributed by atoms with Crippen molar-refractivity contribution in [2.24, 2.45) is 14.1 Å². The van der Waals surface area contributed by atoms with Crippen molar-refractivity contribution in [1.82, 2.24) is 28.7 Å². The second-order valence-corrected chi connectivity index (χ2v) is 5.78. The third-order valence-corrected chi connectivity index (χ3v) is 4.21. The molecule has 4 aromatic rings. The smallest absolute Gasteiger partial charge is 0.319 e. The Bertz CT molecular complexity index is 1310. The molecule has 1 aromatic carbocycles. The normalized spacial score (nSPS) is 11.4. The zero-order chi connectivity index (χ0) is 17.7. The highest BCUT2D eigenvalue weighted by molar-refractivity contribution is 5.73. The van der Waals surface area contributed by atoms with Gasteiger partial charge in [-0.25, -0.2) is 14.8 Å². The standard InChI is InChI=1S/C16H14N6O3/c1-20-13-12(15(24)21(2)16(20)25)22(8-17-13)7-11-14(23)19-10-6-4-3-5-9(10)18-11/h3-6,8H,7H2,1-2H3,(H,19,23). The van der Waals surface area contributed by atoms with E-state index in [-0.39, 0.29) is 29.0 Å². The Labute approximate surface area is 139 Å². The van der Waals surface area contributed by atoms with Crippen molar-refractivity contribution in [1.29, 1.82) is 0 Å². The van der Waals surface area contributed by atoms with Gasteiger partial charge in [0.1, 0.15) is 5.69 Å². The van der Waals surface area contributed by atoms with Crippen molar-refractivity contribution in [3.8, 4) is 0 Å². The number of aryl methyl sites for hydroxylation is 1. The van der Waals surface area contributed by atoms with Gasteiger partial charge in [0.25, 0.3) is 11.1 Å². The zero-order valence-corrected chi connectivity index (χ0v) is 13.6. The number of aromatic nitrogens is 6. The van der Waals surface area contributed by atoms with Gasteiger partial charge in [0.15, 0.2) is 11.2 Å². The quantitative estimate of drug-likeness (QED) is 0.541. The number of benzene rings is 1. The second kappa shape index (κ2) is 5.26. The van der Waals surface area contributed by atoms with Crippen molar-refractivity contribution in [3.63, 3.8) is 0 Å². The lowest BCUT2D eigenvalue weighted by molar-refractivity contribution is 0.700. The SMILES string of the molecule is Cn1c(=O)c2c(ncn2Cc2nc3ccccc3[nH]c2=O)n(C)c1=O. The zero-order valence-electron chi connectivity index (χ0n) is 13.6. The number of para-hydroxylation sites is 2. The van der Waals surface area contributed by atoms with Crippen LogP contribution in [0, 0.1) is 0 Å². The van der Waals surface area contributed by atoms with Gasteiger partial charge >= 0.3 is 5.69 Å². The van der Waals surface area contributed by atoms with E-state index in [1.807, 2.05) is 12.1 Å². The Morgan fingerprint density at radius 1 is 1.08 bits per heavy atom. The van der Waals surface area contributed by atoms with Crippen LogP contribution in [0.4, 0.5) is 0 Å². The minimum atomic E-state index is -0.465. The van der Waals surface area contributed by atoms with Crippen LogP contribution in [0.1, 0.15) is 5.69 Å². The molecule has 0 spiro atoms. The van der Waals surface area contributed by atoms with E-state index in [9.17, 15) is 14.4 Å². The minimum Gasteiger partial charge on any atom is -0.319 e. The van der Waals surface area contributed by atoms with Gasteiger partial charge in [0, 0.05) is 14.1 Å². The van der Waals surface area contributed by atoms with Crippen LogP contribution in [0.5, 0.6) is 0 Å². The molecule has 9 heteroatoms. The Morgan fingerprint density at radius 2 is 1.84 bits per heavy atom. The third kappa shape index (κ3) is 2.20. The van der Waals surface area contributed by atoms with Gasteiger partial charge in [-0.05, 0) is 12.1 Å². The Balaban J connectivity index is 1.93. The fraction of sp³-hybridized carbons (Fsp3) is 0.188. The molecule has 0 amide bonds. The molecule has 0 bridgehead atoms. The first-order chi connectivity index (χ1) is 12.0. The Kier molecular flexibility index (Phi) is 3.17. The molecule has 1 N–H and O–H groups in total. The lowest BCUT2D eigenvalue weighted by Crippen LogP contribution is -2.37. The van der Waals surface area contributed by atoms with Crippen LogP contribution in [0.3, 0.4) is 0 Å². The van der Waals surface area contributed by atoms with Crippen LogP contribution in [0.15, 0.2) is 45.0 Å². The average molecular weight is 338 g/mol. The number of H-pyrrole nitrogens is 1. The lowest BCUT2D eigenvalue weighted by Gasteiger charge is -2.07. The van der Waals surface area contributed by atoms with Crippen LogP contribution in [0.25, 0.3) is 22.2 Å². The van der Waals surface area contributed by atoms with E-state index < -0.39 is 11.2 Å². The van der Waals surface area contributed by atoms with Crippen LogP contribution in [-0.2, 0) is 20.6 Å². The van der Waals surface area contributed by atoms with Crippen molar-refractivity contribution in [2.75, 3.05) is 0 Å². The van der Waals surface area contributed by atoms with E-state index in [2.05, 4.69) is 15.0 Å². The van der Waals surface area contributed by atoms with E-state index in [0.29, 0.717) is 11.0 Å². The molecule has 0 unspecified atom stereocenters. The molecule has 9 nitrogen and oxygen atoms in total. The summed E-state index contributed by atoms with van der Waals surface area (Å²) in [6.07, 6.45) is 1.43. The maximum Gasteiger partial charge on any atom is 0.332 e. The van der Waals surface area contributed by atoms with E-state index in [0.717, 1.165) is 4.57 Å². The fourth-order valence-corrected chi connectivity index (χ4v) is 2.85. The number of nitrogens with zero attached hydrogens (tertiary/aromatic N) is 5. The van der Waals surface area contributed by atoms with Gasteiger partial charge in [-0.2, -0.15) is 0 Å². The molecule has 0 saturated heterocycles. The number of imidazole rings is 1. The van der Waals surface area contributed by atoms with Crippen molar-refractivity contribution < 1.29 is 0 Å². The molecule has 0 saturated carbocycles. The second-order valence-electron chi connectivity index (χ2n) is 5.78. The summed E-state index contributed by atoms with van der Waals surface area (Å²) in [7, 11) is 2.95. The summed E-state index contributed by atoms with van der Waals surface area (Å²) < 4.78 is 3.84. The number of hydrogen-bond donors (Lipinski definition) is 1. The molecule has 126 valence electrons. The summed E-state index contributed by atoms with van der Waals surface area (Å²) in [4.78, 5) is 48.0. The van der Waals surface area contributed by atoms with Gasteiger partial charge in [-0.3, -0.25) is 18.7 Å². The minimum absolute atomic E-state index is 0.0735. The maximum atomic E-state index is 12.5. The van der Waals surface area contributed by atoms with E-state index in [4.69, 9.17) is 0 Å². The molecular formula is C16H14N6O3. The number of hydrogen-bond acceptors (Lipinski definition) is 5. The molecule has 0 aliphatic rings. The average Bonchev–Trinajstić information content (AvgIpc) is 3.02. The molecule has 25 heavy (non-hydrogen) atoms. The summed E-state index contributed by atoms with van der Waals surface area (Å²) >= 11 is 0. The number of rotatable bonds is 2. The summed E-state index contributed by atoms with van der Waals surface area (Å²) in [6.45, 7) is 0.0735. The van der Waals surface area contributed by atoms with Gasteiger partial charge in [-0.1, -0.05) is 12.1 Å². The van der Waals surface area contributed by atoms with E-state index >= 15 is 0 Å². The molecule has 0 aliphatic carbocycles. The Morgan fingerprint density at radius 3 is 2.64 bits per heavy atom. The molecule has 4 rings (SSSR count). The van der Waals surface area contributed by atoms with Gasteiger partial charge < -0.3 is 9.55 Å². The van der Waals surface area contributed by atoms with E-state index in [1.54, 1.807) is 19.2 Å². The monoisotopic (exact) mass is 338 g/mol. The highest BCUT2D eigenvalue weighted by Gasteiger charge is 2.15. The molecule has 0 atom stereocenters. The Hall–Kier alpha value is -3.49.